The number of rotatable bonds is 1. The molecule has 26 heavy (non-hydrogen) atoms. The van der Waals surface area contributed by atoms with E-state index in [9.17, 15) is 10.1 Å². The summed E-state index contributed by atoms with van der Waals surface area (Å²) in [5, 5.41) is 9.30. The van der Waals surface area contributed by atoms with Gasteiger partial charge in [-0.05, 0) is 37.3 Å². The van der Waals surface area contributed by atoms with Crippen LogP contribution in [0.5, 0.6) is 0 Å². The zero-order chi connectivity index (χ0) is 18.5. The zero-order valence-electron chi connectivity index (χ0n) is 14.5. The van der Waals surface area contributed by atoms with Gasteiger partial charge in [0.1, 0.15) is 6.07 Å². The van der Waals surface area contributed by atoms with Crippen LogP contribution in [-0.4, -0.2) is 37.0 Å². The molecule has 4 nitrogen and oxygen atoms in total. The van der Waals surface area contributed by atoms with Crippen molar-refractivity contribution in [2.24, 2.45) is 0 Å². The van der Waals surface area contributed by atoms with Gasteiger partial charge in [-0.3, -0.25) is 4.79 Å². The number of amides is 1. The van der Waals surface area contributed by atoms with Crippen LogP contribution in [0.3, 0.4) is 0 Å². The fraction of sp³-hybridized carbons (Fsp3) is 0.238. The van der Waals surface area contributed by atoms with Gasteiger partial charge < -0.3 is 9.80 Å². The highest BCUT2D eigenvalue weighted by molar-refractivity contribution is 9.10. The van der Waals surface area contributed by atoms with Gasteiger partial charge in [0.2, 0.25) is 0 Å². The van der Waals surface area contributed by atoms with Crippen molar-refractivity contribution >= 4 is 27.5 Å². The maximum atomic E-state index is 12.3. The second kappa shape index (κ2) is 8.08. The molecule has 2 aromatic carbocycles. The number of halogens is 1. The van der Waals surface area contributed by atoms with E-state index in [0.717, 1.165) is 15.7 Å². The lowest BCUT2D eigenvalue weighted by atomic mass is 10.1. The third kappa shape index (κ3) is 4.25. The van der Waals surface area contributed by atoms with Gasteiger partial charge in [0, 0.05) is 42.1 Å². The van der Waals surface area contributed by atoms with Crippen molar-refractivity contribution in [1.82, 2.24) is 4.90 Å². The largest absolute Gasteiger partial charge is 0.367 e. The highest BCUT2D eigenvalue weighted by Gasteiger charge is 2.22. The molecule has 0 saturated carbocycles. The molecule has 5 heteroatoms. The Hall–Kier alpha value is -2.76. The molecule has 1 fully saturated rings. The Balaban J connectivity index is 1.64. The van der Waals surface area contributed by atoms with Gasteiger partial charge in [0.05, 0.1) is 11.3 Å². The minimum Gasteiger partial charge on any atom is -0.367 e. The van der Waals surface area contributed by atoms with Crippen molar-refractivity contribution in [2.45, 2.75) is 6.92 Å². The SMILES string of the molecule is Cc1ccc(C#CC(=O)N2CCN(c3cc(Br)ccc3C#N)CC2)cc1. The number of carbonyl (C=O) groups is 1. The summed E-state index contributed by atoms with van der Waals surface area (Å²) in [5.41, 5.74) is 3.56. The first-order valence-corrected chi connectivity index (χ1v) is 9.18. The molecule has 1 saturated heterocycles. The normalized spacial score (nSPS) is 13.6. The van der Waals surface area contributed by atoms with Gasteiger partial charge >= 0.3 is 0 Å². The summed E-state index contributed by atoms with van der Waals surface area (Å²) in [6, 6.07) is 15.7. The molecular weight excluding hydrogens is 390 g/mol. The lowest BCUT2D eigenvalue weighted by Crippen LogP contribution is -2.48. The predicted octanol–water partition coefficient (Wildman–Crippen LogP) is 3.33. The molecule has 3 rings (SSSR count). The van der Waals surface area contributed by atoms with Crippen molar-refractivity contribution in [2.75, 3.05) is 31.1 Å². The third-order valence-corrected chi connectivity index (χ3v) is 4.85. The van der Waals surface area contributed by atoms with Crippen LogP contribution in [0.4, 0.5) is 5.69 Å². The quantitative estimate of drug-likeness (QED) is 0.681. The summed E-state index contributed by atoms with van der Waals surface area (Å²) < 4.78 is 0.939. The van der Waals surface area contributed by atoms with Gasteiger partial charge in [-0.15, -0.1) is 0 Å². The fourth-order valence-corrected chi connectivity index (χ4v) is 3.20. The van der Waals surface area contributed by atoms with Gasteiger partial charge in [0.15, 0.2) is 0 Å². The van der Waals surface area contributed by atoms with Gasteiger partial charge in [-0.25, -0.2) is 0 Å². The van der Waals surface area contributed by atoms with Crippen LogP contribution in [0.2, 0.25) is 0 Å². The van der Waals surface area contributed by atoms with E-state index in [0.29, 0.717) is 31.7 Å². The molecule has 0 aliphatic carbocycles. The van der Waals surface area contributed by atoms with E-state index < -0.39 is 0 Å². The van der Waals surface area contributed by atoms with E-state index in [-0.39, 0.29) is 5.91 Å². The first-order chi connectivity index (χ1) is 12.6. The summed E-state index contributed by atoms with van der Waals surface area (Å²) in [5.74, 6) is 5.51. The molecule has 130 valence electrons. The number of aryl methyl sites for hydroxylation is 1. The lowest BCUT2D eigenvalue weighted by molar-refractivity contribution is -0.125. The number of hydrogen-bond acceptors (Lipinski definition) is 3. The summed E-state index contributed by atoms with van der Waals surface area (Å²) in [7, 11) is 0. The van der Waals surface area contributed by atoms with Gasteiger partial charge in [0.25, 0.3) is 5.91 Å². The second-order valence-electron chi connectivity index (χ2n) is 6.17. The molecule has 0 N–H and O–H groups in total. The summed E-state index contributed by atoms with van der Waals surface area (Å²) >= 11 is 3.46. The Morgan fingerprint density at radius 3 is 2.42 bits per heavy atom. The van der Waals surface area contributed by atoms with E-state index in [1.165, 1.54) is 5.56 Å². The fourth-order valence-electron chi connectivity index (χ4n) is 2.85. The van der Waals surface area contributed by atoms with Crippen LogP contribution < -0.4 is 4.90 Å². The summed E-state index contributed by atoms with van der Waals surface area (Å²) in [4.78, 5) is 16.2. The van der Waals surface area contributed by atoms with Crippen molar-refractivity contribution < 1.29 is 4.79 Å². The van der Waals surface area contributed by atoms with Crippen molar-refractivity contribution in [3.8, 4) is 17.9 Å². The molecule has 0 unspecified atom stereocenters. The molecule has 1 aliphatic rings. The number of nitriles is 1. The molecule has 1 heterocycles. The van der Waals surface area contributed by atoms with E-state index in [4.69, 9.17) is 0 Å². The Kier molecular flexibility index (Phi) is 5.61. The Bertz CT molecular complexity index is 911. The zero-order valence-corrected chi connectivity index (χ0v) is 16.1. The molecule has 0 bridgehead atoms. The monoisotopic (exact) mass is 407 g/mol. The molecule has 0 spiro atoms. The Labute approximate surface area is 162 Å². The van der Waals surface area contributed by atoms with E-state index in [1.807, 2.05) is 49.4 Å². The molecule has 0 atom stereocenters. The van der Waals surface area contributed by atoms with Crippen LogP contribution in [0.1, 0.15) is 16.7 Å². The van der Waals surface area contributed by atoms with E-state index >= 15 is 0 Å². The summed E-state index contributed by atoms with van der Waals surface area (Å²) in [6.07, 6.45) is 0. The lowest BCUT2D eigenvalue weighted by Gasteiger charge is -2.35. The predicted molar refractivity (Wildman–Crippen MR) is 106 cm³/mol. The van der Waals surface area contributed by atoms with Crippen molar-refractivity contribution in [1.29, 1.82) is 5.26 Å². The number of benzene rings is 2. The number of carbonyl (C=O) groups excluding carboxylic acids is 1. The maximum Gasteiger partial charge on any atom is 0.298 e. The molecular formula is C21H18BrN3O. The standard InChI is InChI=1S/C21H18BrN3O/c1-16-2-4-17(5-3-16)6-9-21(26)25-12-10-24(11-13-25)20-14-19(22)8-7-18(20)15-23/h2-5,7-8,14H,10-13H2,1H3. The third-order valence-electron chi connectivity index (χ3n) is 4.35. The molecule has 1 aliphatic heterocycles. The number of anilines is 1. The van der Waals surface area contributed by atoms with E-state index in [2.05, 4.69) is 38.7 Å². The molecule has 0 radical (unpaired) electrons. The summed E-state index contributed by atoms with van der Waals surface area (Å²) in [6.45, 7) is 4.58. The topological polar surface area (TPSA) is 47.3 Å². The van der Waals surface area contributed by atoms with Crippen LogP contribution in [-0.2, 0) is 4.79 Å². The van der Waals surface area contributed by atoms with Crippen LogP contribution in [0, 0.1) is 30.1 Å². The van der Waals surface area contributed by atoms with Crippen molar-refractivity contribution in [3.05, 3.63) is 63.6 Å². The minimum atomic E-state index is -0.153. The van der Waals surface area contributed by atoms with E-state index in [1.54, 1.807) is 4.90 Å². The first kappa shape index (κ1) is 18.0. The van der Waals surface area contributed by atoms with Crippen LogP contribution >= 0.6 is 15.9 Å². The minimum absolute atomic E-state index is 0.153. The Morgan fingerprint density at radius 2 is 1.77 bits per heavy atom. The molecule has 0 aromatic heterocycles. The maximum absolute atomic E-state index is 12.3. The highest BCUT2D eigenvalue weighted by Crippen LogP contribution is 2.25. The number of hydrogen-bond donors (Lipinski definition) is 0. The highest BCUT2D eigenvalue weighted by atomic mass is 79.9. The van der Waals surface area contributed by atoms with Gasteiger partial charge in [-0.1, -0.05) is 39.5 Å². The van der Waals surface area contributed by atoms with Gasteiger partial charge in [-0.2, -0.15) is 5.26 Å². The first-order valence-electron chi connectivity index (χ1n) is 8.39. The number of piperazine rings is 1. The van der Waals surface area contributed by atoms with Crippen LogP contribution in [0.25, 0.3) is 0 Å². The number of nitrogens with zero attached hydrogens (tertiary/aromatic N) is 3. The average Bonchev–Trinajstić information content (AvgIpc) is 2.67. The van der Waals surface area contributed by atoms with Crippen LogP contribution in [0.15, 0.2) is 46.9 Å². The molecule has 1 amide bonds. The average molecular weight is 408 g/mol. The van der Waals surface area contributed by atoms with Crippen molar-refractivity contribution in [3.63, 3.8) is 0 Å². The molecule has 2 aromatic rings. The Morgan fingerprint density at radius 1 is 1.08 bits per heavy atom. The smallest absolute Gasteiger partial charge is 0.298 e. The second-order valence-corrected chi connectivity index (χ2v) is 7.08.